The van der Waals surface area contributed by atoms with Gasteiger partial charge in [-0.2, -0.15) is 0 Å². The van der Waals surface area contributed by atoms with Crippen molar-refractivity contribution < 1.29 is 0 Å². The minimum atomic E-state index is 0.733. The Morgan fingerprint density at radius 1 is 1.17 bits per heavy atom. The van der Waals surface area contributed by atoms with Crippen LogP contribution in [0.25, 0.3) is 0 Å². The Hall–Kier alpha value is -0.930. The molecule has 0 unspecified atom stereocenters. The normalized spacial score (nSPS) is 21.3. The first-order chi connectivity index (χ1) is 8.72. The third-order valence-electron chi connectivity index (χ3n) is 3.90. The minimum absolute atomic E-state index is 0.733. The van der Waals surface area contributed by atoms with Gasteiger partial charge in [-0.05, 0) is 37.0 Å². The van der Waals surface area contributed by atoms with Crippen LogP contribution in [0.1, 0.15) is 12.8 Å². The molecule has 0 spiro atoms. The third kappa shape index (κ3) is 2.73. The molecule has 4 heteroatoms. The fourth-order valence-electron chi connectivity index (χ4n) is 2.62. The number of benzene rings is 1. The Balaban J connectivity index is 1.60. The summed E-state index contributed by atoms with van der Waals surface area (Å²) in [6.45, 7) is 5.73. The summed E-state index contributed by atoms with van der Waals surface area (Å²) in [6.07, 6.45) is 2.87. The first-order valence-electron chi connectivity index (χ1n) is 6.75. The summed E-state index contributed by atoms with van der Waals surface area (Å²) in [5, 5.41) is 0.769. The molecule has 18 heavy (non-hydrogen) atoms. The van der Waals surface area contributed by atoms with Crippen molar-refractivity contribution in [2.45, 2.75) is 12.8 Å². The molecule has 0 aromatic heterocycles. The maximum atomic E-state index is 6.26. The highest BCUT2D eigenvalue weighted by Crippen LogP contribution is 2.31. The van der Waals surface area contributed by atoms with E-state index in [1.165, 1.54) is 19.4 Å². The van der Waals surface area contributed by atoms with Crippen molar-refractivity contribution in [3.05, 3.63) is 23.2 Å². The van der Waals surface area contributed by atoms with Crippen LogP contribution in [0.15, 0.2) is 18.2 Å². The summed E-state index contributed by atoms with van der Waals surface area (Å²) in [7, 11) is 0. The predicted octanol–water partition coefficient (Wildman–Crippen LogP) is 2.45. The zero-order valence-electron chi connectivity index (χ0n) is 10.6. The van der Waals surface area contributed by atoms with Crippen molar-refractivity contribution in [2.75, 3.05) is 43.4 Å². The summed E-state index contributed by atoms with van der Waals surface area (Å²) in [5.41, 5.74) is 7.58. The standard InChI is InChI=1S/C14H20ClN3/c15-13-9-12(16)3-4-14(13)18-7-5-17(6-8-18)10-11-1-2-11/h3-4,9,11H,1-2,5-8,10,16H2. The molecule has 2 N–H and O–H groups in total. The van der Waals surface area contributed by atoms with Crippen LogP contribution in [0.5, 0.6) is 0 Å². The van der Waals surface area contributed by atoms with Crippen molar-refractivity contribution in [1.29, 1.82) is 0 Å². The third-order valence-corrected chi connectivity index (χ3v) is 4.20. The van der Waals surface area contributed by atoms with Crippen molar-refractivity contribution in [3.63, 3.8) is 0 Å². The van der Waals surface area contributed by atoms with E-state index in [4.69, 9.17) is 17.3 Å². The molecule has 0 bridgehead atoms. The van der Waals surface area contributed by atoms with Crippen LogP contribution in [0, 0.1) is 5.92 Å². The number of hydrogen-bond donors (Lipinski definition) is 1. The molecular weight excluding hydrogens is 246 g/mol. The van der Waals surface area contributed by atoms with Gasteiger partial charge in [0.05, 0.1) is 10.7 Å². The van der Waals surface area contributed by atoms with Gasteiger partial charge >= 0.3 is 0 Å². The van der Waals surface area contributed by atoms with Crippen LogP contribution < -0.4 is 10.6 Å². The van der Waals surface area contributed by atoms with Crippen LogP contribution in [0.3, 0.4) is 0 Å². The SMILES string of the molecule is Nc1ccc(N2CCN(CC3CC3)CC2)c(Cl)c1. The summed E-state index contributed by atoms with van der Waals surface area (Å²) >= 11 is 6.26. The highest BCUT2D eigenvalue weighted by Gasteiger charge is 2.26. The van der Waals surface area contributed by atoms with E-state index in [0.29, 0.717) is 0 Å². The fraction of sp³-hybridized carbons (Fsp3) is 0.571. The lowest BCUT2D eigenvalue weighted by Gasteiger charge is -2.36. The topological polar surface area (TPSA) is 32.5 Å². The molecule has 3 nitrogen and oxygen atoms in total. The molecule has 1 saturated heterocycles. The Morgan fingerprint density at radius 3 is 2.50 bits per heavy atom. The van der Waals surface area contributed by atoms with Crippen LogP contribution in [-0.2, 0) is 0 Å². The first kappa shape index (κ1) is 12.1. The Labute approximate surface area is 114 Å². The number of halogens is 1. The van der Waals surface area contributed by atoms with Gasteiger partial charge in [0.1, 0.15) is 0 Å². The van der Waals surface area contributed by atoms with E-state index in [-0.39, 0.29) is 0 Å². The molecule has 0 atom stereocenters. The fourth-order valence-corrected chi connectivity index (χ4v) is 2.93. The zero-order valence-corrected chi connectivity index (χ0v) is 11.4. The lowest BCUT2D eigenvalue weighted by molar-refractivity contribution is 0.248. The predicted molar refractivity (Wildman–Crippen MR) is 77.2 cm³/mol. The molecule has 0 amide bonds. The number of nitrogens with two attached hydrogens (primary N) is 1. The van der Waals surface area contributed by atoms with Gasteiger partial charge in [0.15, 0.2) is 0 Å². The van der Waals surface area contributed by atoms with E-state index >= 15 is 0 Å². The second-order valence-electron chi connectivity index (χ2n) is 5.44. The molecule has 1 heterocycles. The minimum Gasteiger partial charge on any atom is -0.399 e. The Bertz CT molecular complexity index is 423. The van der Waals surface area contributed by atoms with Crippen LogP contribution in [-0.4, -0.2) is 37.6 Å². The molecule has 1 aromatic carbocycles. The van der Waals surface area contributed by atoms with E-state index in [1.54, 1.807) is 0 Å². The summed E-state index contributed by atoms with van der Waals surface area (Å²) < 4.78 is 0. The maximum absolute atomic E-state index is 6.26. The van der Waals surface area contributed by atoms with Gasteiger partial charge in [-0.15, -0.1) is 0 Å². The largest absolute Gasteiger partial charge is 0.399 e. The highest BCUT2D eigenvalue weighted by molar-refractivity contribution is 6.33. The molecule has 1 aliphatic heterocycles. The summed E-state index contributed by atoms with van der Waals surface area (Å²) in [5.74, 6) is 0.983. The van der Waals surface area contributed by atoms with Crippen molar-refractivity contribution in [1.82, 2.24) is 4.90 Å². The molecule has 2 aliphatic rings. The van der Waals surface area contributed by atoms with Gasteiger partial charge in [-0.1, -0.05) is 11.6 Å². The maximum Gasteiger partial charge on any atom is 0.0660 e. The molecule has 1 aromatic rings. The average Bonchev–Trinajstić information content (AvgIpc) is 3.15. The van der Waals surface area contributed by atoms with E-state index < -0.39 is 0 Å². The van der Waals surface area contributed by atoms with Crippen LogP contribution >= 0.6 is 11.6 Å². The number of piperazine rings is 1. The van der Waals surface area contributed by atoms with Gasteiger partial charge in [-0.25, -0.2) is 0 Å². The molecule has 1 aliphatic carbocycles. The average molecular weight is 266 g/mol. The van der Waals surface area contributed by atoms with E-state index in [2.05, 4.69) is 9.80 Å². The summed E-state index contributed by atoms with van der Waals surface area (Å²) in [6, 6.07) is 5.81. The quantitative estimate of drug-likeness (QED) is 0.852. The zero-order chi connectivity index (χ0) is 12.5. The number of rotatable bonds is 3. The molecule has 1 saturated carbocycles. The second kappa shape index (κ2) is 4.98. The highest BCUT2D eigenvalue weighted by atomic mass is 35.5. The lowest BCUT2D eigenvalue weighted by atomic mass is 10.2. The van der Waals surface area contributed by atoms with E-state index in [0.717, 1.165) is 48.5 Å². The molecule has 0 radical (unpaired) electrons. The molecular formula is C14H20ClN3. The summed E-state index contributed by atoms with van der Waals surface area (Å²) in [4.78, 5) is 4.95. The Morgan fingerprint density at radius 2 is 1.89 bits per heavy atom. The number of nitrogen functional groups attached to an aromatic ring is 1. The van der Waals surface area contributed by atoms with Gasteiger partial charge < -0.3 is 10.6 Å². The molecule has 3 rings (SSSR count). The van der Waals surface area contributed by atoms with E-state index in [9.17, 15) is 0 Å². The first-order valence-corrected chi connectivity index (χ1v) is 7.12. The lowest BCUT2D eigenvalue weighted by Crippen LogP contribution is -2.47. The number of hydrogen-bond acceptors (Lipinski definition) is 3. The van der Waals surface area contributed by atoms with Crippen molar-refractivity contribution in [2.24, 2.45) is 5.92 Å². The smallest absolute Gasteiger partial charge is 0.0660 e. The van der Waals surface area contributed by atoms with Crippen LogP contribution in [0.2, 0.25) is 5.02 Å². The number of anilines is 2. The van der Waals surface area contributed by atoms with Gasteiger partial charge in [0.2, 0.25) is 0 Å². The van der Waals surface area contributed by atoms with Crippen molar-refractivity contribution in [3.8, 4) is 0 Å². The van der Waals surface area contributed by atoms with Gasteiger partial charge in [-0.3, -0.25) is 4.90 Å². The number of nitrogens with zero attached hydrogens (tertiary/aromatic N) is 2. The van der Waals surface area contributed by atoms with Crippen molar-refractivity contribution >= 4 is 23.0 Å². The van der Waals surface area contributed by atoms with E-state index in [1.807, 2.05) is 18.2 Å². The van der Waals surface area contributed by atoms with Gasteiger partial charge in [0, 0.05) is 38.4 Å². The van der Waals surface area contributed by atoms with Crippen LogP contribution in [0.4, 0.5) is 11.4 Å². The molecule has 2 fully saturated rings. The second-order valence-corrected chi connectivity index (χ2v) is 5.85. The monoisotopic (exact) mass is 265 g/mol. The Kier molecular flexibility index (Phi) is 3.35. The molecule has 98 valence electrons. The van der Waals surface area contributed by atoms with Gasteiger partial charge in [0.25, 0.3) is 0 Å².